The molecule has 6 nitrogen and oxygen atoms in total. The van der Waals surface area contributed by atoms with Gasteiger partial charge in [-0.3, -0.25) is 24.7 Å². The molecule has 184 valence electrons. The molecule has 8 heteroatoms. The summed E-state index contributed by atoms with van der Waals surface area (Å²) in [7, 11) is 0. The lowest BCUT2D eigenvalue weighted by atomic mass is 9.90. The Balaban J connectivity index is 1.32. The van der Waals surface area contributed by atoms with Gasteiger partial charge in [0.15, 0.2) is 0 Å². The van der Waals surface area contributed by atoms with Gasteiger partial charge in [0.05, 0.1) is 27.3 Å². The molecule has 5 rings (SSSR count). The molecule has 2 aliphatic rings. The molecule has 36 heavy (non-hydrogen) atoms. The number of nitrogens with zero attached hydrogens (tertiary/aromatic N) is 4. The SMILES string of the molecule is O=C(NCc1cccc(CN(CC2=NC=CC2)C2CCCc3cccnc32)c1)c1c(Cl)cncc1Cl. The molecular formula is C28H27Cl2N5O. The maximum Gasteiger partial charge on any atom is 0.254 e. The fraction of sp³-hybridized carbons (Fsp3) is 0.286. The average Bonchev–Trinajstić information content (AvgIpc) is 3.40. The van der Waals surface area contributed by atoms with E-state index in [9.17, 15) is 4.79 Å². The predicted octanol–water partition coefficient (Wildman–Crippen LogP) is 5.95. The van der Waals surface area contributed by atoms with Gasteiger partial charge in [-0.1, -0.05) is 59.6 Å². The standard InChI is InChI=1S/C28H27Cl2N5O/c29-23-15-31-16-24(30)26(23)28(36)34-14-19-5-1-6-20(13-19)17-35(18-22-9-4-11-32-22)25-10-2-7-21-8-3-12-33-27(21)25/h1,3-6,8,11-13,15-16,25H,2,7,9-10,14,17-18H2,(H,34,36). The van der Waals surface area contributed by atoms with Gasteiger partial charge in [0, 0.05) is 56.6 Å². The van der Waals surface area contributed by atoms with Crippen LogP contribution in [0.15, 0.2) is 72.3 Å². The zero-order valence-electron chi connectivity index (χ0n) is 19.8. The van der Waals surface area contributed by atoms with Crippen LogP contribution in [0, 0.1) is 0 Å². The molecule has 0 spiro atoms. The Morgan fingerprint density at radius 2 is 1.92 bits per heavy atom. The molecule has 2 aromatic heterocycles. The molecule has 1 aliphatic heterocycles. The van der Waals surface area contributed by atoms with E-state index in [-0.39, 0.29) is 27.6 Å². The van der Waals surface area contributed by atoms with Crippen LogP contribution < -0.4 is 5.32 Å². The zero-order chi connectivity index (χ0) is 24.9. The van der Waals surface area contributed by atoms with Gasteiger partial charge in [-0.25, -0.2) is 0 Å². The largest absolute Gasteiger partial charge is 0.348 e. The van der Waals surface area contributed by atoms with Crippen molar-refractivity contribution in [3.05, 3.63) is 105 Å². The lowest BCUT2D eigenvalue weighted by molar-refractivity contribution is 0.0951. The molecule has 0 radical (unpaired) electrons. The van der Waals surface area contributed by atoms with Crippen molar-refractivity contribution in [3.63, 3.8) is 0 Å². The fourth-order valence-electron chi connectivity index (χ4n) is 4.93. The highest BCUT2D eigenvalue weighted by Crippen LogP contribution is 2.34. The van der Waals surface area contributed by atoms with Crippen molar-refractivity contribution in [1.82, 2.24) is 20.2 Å². The van der Waals surface area contributed by atoms with Crippen LogP contribution in [0.3, 0.4) is 0 Å². The summed E-state index contributed by atoms with van der Waals surface area (Å²) in [6.45, 7) is 1.93. The number of fused-ring (bicyclic) bond motifs is 1. The second-order valence-corrected chi connectivity index (χ2v) is 9.94. The molecule has 1 aromatic carbocycles. The van der Waals surface area contributed by atoms with Crippen molar-refractivity contribution in [2.45, 2.75) is 44.8 Å². The molecular weight excluding hydrogens is 493 g/mol. The zero-order valence-corrected chi connectivity index (χ0v) is 21.3. The van der Waals surface area contributed by atoms with Crippen molar-refractivity contribution < 1.29 is 4.79 Å². The highest BCUT2D eigenvalue weighted by Gasteiger charge is 2.28. The summed E-state index contributed by atoms with van der Waals surface area (Å²) in [6.07, 6.45) is 12.9. The minimum Gasteiger partial charge on any atom is -0.348 e. The lowest BCUT2D eigenvalue weighted by Gasteiger charge is -2.35. The molecule has 3 aromatic rings. The number of hydrogen-bond donors (Lipinski definition) is 1. The summed E-state index contributed by atoms with van der Waals surface area (Å²) in [5.41, 5.74) is 6.12. The van der Waals surface area contributed by atoms with E-state index >= 15 is 0 Å². The first-order chi connectivity index (χ1) is 17.6. The minimum absolute atomic E-state index is 0.232. The number of halogens is 2. The third-order valence-corrected chi connectivity index (χ3v) is 7.19. The molecule has 1 unspecified atom stereocenters. The van der Waals surface area contributed by atoms with Crippen LogP contribution in [-0.2, 0) is 19.5 Å². The van der Waals surface area contributed by atoms with E-state index in [1.165, 1.54) is 34.9 Å². The van der Waals surface area contributed by atoms with Crippen LogP contribution in [-0.4, -0.2) is 33.0 Å². The summed E-state index contributed by atoms with van der Waals surface area (Å²) in [5.74, 6) is -0.323. The smallest absolute Gasteiger partial charge is 0.254 e. The van der Waals surface area contributed by atoms with Crippen LogP contribution in [0.5, 0.6) is 0 Å². The van der Waals surface area contributed by atoms with Crippen LogP contribution in [0.25, 0.3) is 0 Å². The quantitative estimate of drug-likeness (QED) is 0.399. The second kappa shape index (κ2) is 11.3. The Labute approximate surface area is 221 Å². The number of rotatable bonds is 8. The molecule has 1 atom stereocenters. The third kappa shape index (κ3) is 5.67. The Morgan fingerprint density at radius 3 is 2.72 bits per heavy atom. The average molecular weight is 520 g/mol. The number of benzene rings is 1. The van der Waals surface area contributed by atoms with Gasteiger partial charge in [0.2, 0.25) is 0 Å². The monoisotopic (exact) mass is 519 g/mol. The van der Waals surface area contributed by atoms with Crippen LogP contribution >= 0.6 is 23.2 Å². The number of carbonyl (C=O) groups is 1. The van der Waals surface area contributed by atoms with Crippen molar-refractivity contribution >= 4 is 34.8 Å². The molecule has 0 saturated heterocycles. The van der Waals surface area contributed by atoms with Gasteiger partial charge < -0.3 is 5.32 Å². The van der Waals surface area contributed by atoms with Crippen molar-refractivity contribution in [2.75, 3.05) is 6.54 Å². The number of amides is 1. The number of nitrogens with one attached hydrogen (secondary N) is 1. The van der Waals surface area contributed by atoms with Gasteiger partial charge in [-0.15, -0.1) is 0 Å². The Bertz CT molecular complexity index is 1300. The van der Waals surface area contributed by atoms with E-state index in [0.717, 1.165) is 44.3 Å². The number of pyridine rings is 2. The number of aryl methyl sites for hydroxylation is 1. The normalized spacial score (nSPS) is 16.6. The van der Waals surface area contributed by atoms with Crippen LogP contribution in [0.4, 0.5) is 0 Å². The summed E-state index contributed by atoms with van der Waals surface area (Å²) in [6, 6.07) is 12.8. The summed E-state index contributed by atoms with van der Waals surface area (Å²) < 4.78 is 0. The van der Waals surface area contributed by atoms with E-state index in [0.29, 0.717) is 6.54 Å². The molecule has 0 bridgehead atoms. The summed E-state index contributed by atoms with van der Waals surface area (Å²) >= 11 is 12.3. The molecule has 1 N–H and O–H groups in total. The van der Waals surface area contributed by atoms with Crippen molar-refractivity contribution in [2.24, 2.45) is 4.99 Å². The van der Waals surface area contributed by atoms with E-state index in [1.807, 2.05) is 30.6 Å². The van der Waals surface area contributed by atoms with Crippen LogP contribution in [0.2, 0.25) is 10.0 Å². The van der Waals surface area contributed by atoms with E-state index in [1.54, 1.807) is 0 Å². The molecule has 0 saturated carbocycles. The highest BCUT2D eigenvalue weighted by atomic mass is 35.5. The van der Waals surface area contributed by atoms with Gasteiger partial charge in [-0.2, -0.15) is 0 Å². The summed E-state index contributed by atoms with van der Waals surface area (Å²) in [4.78, 5) is 28.5. The first-order valence-electron chi connectivity index (χ1n) is 12.1. The Kier molecular flexibility index (Phi) is 7.75. The topological polar surface area (TPSA) is 70.5 Å². The third-order valence-electron chi connectivity index (χ3n) is 6.62. The minimum atomic E-state index is -0.323. The number of allylic oxidation sites excluding steroid dienone is 1. The highest BCUT2D eigenvalue weighted by molar-refractivity contribution is 6.39. The number of hydrogen-bond acceptors (Lipinski definition) is 5. The lowest BCUT2D eigenvalue weighted by Crippen LogP contribution is -2.35. The molecule has 3 heterocycles. The maximum atomic E-state index is 12.7. The first kappa shape index (κ1) is 24.6. The van der Waals surface area contributed by atoms with Crippen molar-refractivity contribution in [1.29, 1.82) is 0 Å². The fourth-order valence-corrected chi connectivity index (χ4v) is 5.46. The van der Waals surface area contributed by atoms with Crippen LogP contribution in [0.1, 0.15) is 58.0 Å². The van der Waals surface area contributed by atoms with E-state index in [4.69, 9.17) is 28.2 Å². The van der Waals surface area contributed by atoms with Gasteiger partial charge in [0.1, 0.15) is 0 Å². The second-order valence-electron chi connectivity index (χ2n) is 9.13. The first-order valence-corrected chi connectivity index (χ1v) is 12.9. The molecule has 1 aliphatic carbocycles. The number of aliphatic imine (C=N–C) groups is 1. The van der Waals surface area contributed by atoms with Gasteiger partial charge in [-0.05, 0) is 42.0 Å². The van der Waals surface area contributed by atoms with E-state index < -0.39 is 0 Å². The number of aromatic nitrogens is 2. The molecule has 0 fully saturated rings. The predicted molar refractivity (Wildman–Crippen MR) is 143 cm³/mol. The van der Waals surface area contributed by atoms with Crippen molar-refractivity contribution in [3.8, 4) is 0 Å². The summed E-state index contributed by atoms with van der Waals surface area (Å²) in [5, 5.41) is 3.39. The van der Waals surface area contributed by atoms with Gasteiger partial charge in [0.25, 0.3) is 5.91 Å². The maximum absolute atomic E-state index is 12.7. The number of carbonyl (C=O) groups excluding carboxylic acids is 1. The Morgan fingerprint density at radius 1 is 1.08 bits per heavy atom. The van der Waals surface area contributed by atoms with E-state index in [2.05, 4.69) is 44.5 Å². The van der Waals surface area contributed by atoms with Gasteiger partial charge >= 0.3 is 0 Å². The molecule has 1 amide bonds. The Hall–Kier alpha value is -3.06.